The Hall–Kier alpha value is -2.53. The number of hydrogen-bond acceptors (Lipinski definition) is 3. The van der Waals surface area contributed by atoms with Crippen LogP contribution >= 0.6 is 0 Å². The third-order valence-electron chi connectivity index (χ3n) is 4.31. The number of para-hydroxylation sites is 1. The van der Waals surface area contributed by atoms with Crippen molar-refractivity contribution in [2.24, 2.45) is 0 Å². The molecule has 3 rings (SSSR count). The molecule has 5 heteroatoms. The van der Waals surface area contributed by atoms with Gasteiger partial charge in [-0.1, -0.05) is 48.5 Å². The Balaban J connectivity index is 1.36. The Labute approximate surface area is 149 Å². The predicted octanol–water partition coefficient (Wildman–Crippen LogP) is 2.78. The molecule has 0 aromatic heterocycles. The number of urea groups is 1. The van der Waals surface area contributed by atoms with E-state index >= 15 is 0 Å². The Bertz CT molecular complexity index is 649. The lowest BCUT2D eigenvalue weighted by Crippen LogP contribution is -2.44. The Kier molecular flexibility index (Phi) is 6.29. The van der Waals surface area contributed by atoms with Crippen LogP contribution in [0.15, 0.2) is 60.7 Å². The first-order valence-electron chi connectivity index (χ1n) is 8.78. The van der Waals surface area contributed by atoms with Crippen molar-refractivity contribution in [1.82, 2.24) is 10.6 Å². The van der Waals surface area contributed by atoms with E-state index in [-0.39, 0.29) is 12.1 Å². The monoisotopic (exact) mass is 339 g/mol. The van der Waals surface area contributed by atoms with E-state index in [0.29, 0.717) is 13.1 Å². The number of amides is 2. The zero-order valence-corrected chi connectivity index (χ0v) is 14.4. The molecular formula is C20H25N3O2. The van der Waals surface area contributed by atoms with Gasteiger partial charge >= 0.3 is 6.03 Å². The first kappa shape index (κ1) is 17.3. The Morgan fingerprint density at radius 2 is 1.76 bits per heavy atom. The van der Waals surface area contributed by atoms with Crippen LogP contribution < -0.4 is 15.5 Å². The molecule has 2 aromatic rings. The lowest BCUT2D eigenvalue weighted by molar-refractivity contribution is 0.0359. The zero-order chi connectivity index (χ0) is 17.3. The summed E-state index contributed by atoms with van der Waals surface area (Å²) >= 11 is 0. The molecule has 2 aromatic carbocycles. The minimum atomic E-state index is -0.139. The second-order valence-electron chi connectivity index (χ2n) is 6.16. The molecule has 0 saturated carbocycles. The van der Waals surface area contributed by atoms with Crippen molar-refractivity contribution in [3.63, 3.8) is 0 Å². The molecule has 1 aliphatic heterocycles. The van der Waals surface area contributed by atoms with E-state index in [1.165, 1.54) is 5.69 Å². The fraction of sp³-hybridized carbons (Fsp3) is 0.350. The van der Waals surface area contributed by atoms with E-state index in [2.05, 4.69) is 39.8 Å². The summed E-state index contributed by atoms with van der Waals surface area (Å²) in [6.45, 7) is 3.63. The average molecular weight is 339 g/mol. The fourth-order valence-electron chi connectivity index (χ4n) is 2.95. The number of ether oxygens (including phenoxy) is 1. The highest BCUT2D eigenvalue weighted by molar-refractivity contribution is 5.73. The van der Waals surface area contributed by atoms with Gasteiger partial charge in [0.05, 0.1) is 12.7 Å². The maximum Gasteiger partial charge on any atom is 0.315 e. The van der Waals surface area contributed by atoms with Gasteiger partial charge in [-0.3, -0.25) is 0 Å². The normalized spacial score (nSPS) is 17.1. The first-order valence-corrected chi connectivity index (χ1v) is 8.78. The second-order valence-corrected chi connectivity index (χ2v) is 6.16. The molecule has 5 nitrogen and oxygen atoms in total. The van der Waals surface area contributed by atoms with Gasteiger partial charge in [0.1, 0.15) is 0 Å². The number of carbonyl (C=O) groups is 1. The van der Waals surface area contributed by atoms with Gasteiger partial charge < -0.3 is 20.3 Å². The van der Waals surface area contributed by atoms with Crippen LogP contribution in [-0.2, 0) is 11.3 Å². The summed E-state index contributed by atoms with van der Waals surface area (Å²) in [7, 11) is 0. The highest BCUT2D eigenvalue weighted by atomic mass is 16.5. The molecule has 2 amide bonds. The quantitative estimate of drug-likeness (QED) is 0.851. The van der Waals surface area contributed by atoms with E-state index in [4.69, 9.17) is 4.74 Å². The van der Waals surface area contributed by atoms with E-state index < -0.39 is 0 Å². The fourth-order valence-corrected chi connectivity index (χ4v) is 2.95. The summed E-state index contributed by atoms with van der Waals surface area (Å²) in [5, 5.41) is 5.78. The summed E-state index contributed by atoms with van der Waals surface area (Å²) in [6.07, 6.45) is 0.950. The molecule has 1 aliphatic rings. The largest absolute Gasteiger partial charge is 0.374 e. The zero-order valence-electron chi connectivity index (χ0n) is 14.4. The van der Waals surface area contributed by atoms with Gasteiger partial charge in [-0.2, -0.15) is 0 Å². The summed E-state index contributed by atoms with van der Waals surface area (Å²) < 4.78 is 5.83. The van der Waals surface area contributed by atoms with Gasteiger partial charge in [-0.25, -0.2) is 4.79 Å². The van der Waals surface area contributed by atoms with E-state index in [0.717, 1.165) is 31.7 Å². The van der Waals surface area contributed by atoms with Crippen molar-refractivity contribution in [2.75, 3.05) is 31.1 Å². The minimum Gasteiger partial charge on any atom is -0.374 e. The van der Waals surface area contributed by atoms with E-state index in [1.54, 1.807) is 0 Å². The highest BCUT2D eigenvalue weighted by Gasteiger charge is 2.20. The molecule has 1 fully saturated rings. The van der Waals surface area contributed by atoms with Crippen molar-refractivity contribution in [2.45, 2.75) is 19.1 Å². The van der Waals surface area contributed by atoms with Gasteiger partial charge in [0.15, 0.2) is 0 Å². The number of nitrogens with one attached hydrogen (secondary N) is 2. The van der Waals surface area contributed by atoms with Crippen molar-refractivity contribution in [1.29, 1.82) is 0 Å². The predicted molar refractivity (Wildman–Crippen MR) is 99.7 cm³/mol. The van der Waals surface area contributed by atoms with Crippen LogP contribution in [0.1, 0.15) is 12.0 Å². The number of benzene rings is 2. The van der Waals surface area contributed by atoms with Crippen LogP contribution in [0.3, 0.4) is 0 Å². The lowest BCUT2D eigenvalue weighted by Gasteiger charge is -2.34. The summed E-state index contributed by atoms with van der Waals surface area (Å²) in [5.74, 6) is 0. The molecule has 0 aliphatic carbocycles. The molecule has 25 heavy (non-hydrogen) atoms. The minimum absolute atomic E-state index is 0.139. The number of carbonyl (C=O) groups excluding carboxylic acids is 1. The molecule has 1 heterocycles. The molecule has 1 unspecified atom stereocenters. The lowest BCUT2D eigenvalue weighted by atomic mass is 10.2. The van der Waals surface area contributed by atoms with E-state index in [1.807, 2.05) is 36.4 Å². The van der Waals surface area contributed by atoms with Crippen LogP contribution in [0.4, 0.5) is 10.5 Å². The Morgan fingerprint density at radius 1 is 1.04 bits per heavy atom. The van der Waals surface area contributed by atoms with Crippen molar-refractivity contribution < 1.29 is 9.53 Å². The standard InChI is InChI=1S/C20H25N3O2/c24-20(22-15-17-7-3-1-4-8-17)21-12-11-19-16-23(13-14-25-19)18-9-5-2-6-10-18/h1-10,19H,11-16H2,(H2,21,22,24). The summed E-state index contributed by atoms with van der Waals surface area (Å²) in [4.78, 5) is 14.2. The number of anilines is 1. The topological polar surface area (TPSA) is 53.6 Å². The molecule has 0 bridgehead atoms. The van der Waals surface area contributed by atoms with Gasteiger partial charge in [0.2, 0.25) is 0 Å². The summed E-state index contributed by atoms with van der Waals surface area (Å²) in [5.41, 5.74) is 2.32. The maximum atomic E-state index is 11.9. The van der Waals surface area contributed by atoms with Crippen molar-refractivity contribution >= 4 is 11.7 Å². The molecule has 132 valence electrons. The van der Waals surface area contributed by atoms with Crippen molar-refractivity contribution in [3.05, 3.63) is 66.2 Å². The molecule has 1 atom stereocenters. The number of hydrogen-bond donors (Lipinski definition) is 2. The van der Waals surface area contributed by atoms with Gasteiger partial charge in [-0.15, -0.1) is 0 Å². The average Bonchev–Trinajstić information content (AvgIpc) is 2.68. The first-order chi connectivity index (χ1) is 12.3. The van der Waals surface area contributed by atoms with Crippen molar-refractivity contribution in [3.8, 4) is 0 Å². The number of rotatable bonds is 6. The van der Waals surface area contributed by atoms with Gasteiger partial charge in [-0.05, 0) is 24.1 Å². The molecule has 2 N–H and O–H groups in total. The van der Waals surface area contributed by atoms with Crippen LogP contribution in [0, 0.1) is 0 Å². The van der Waals surface area contributed by atoms with Crippen LogP contribution in [0.5, 0.6) is 0 Å². The summed E-state index contributed by atoms with van der Waals surface area (Å²) in [6, 6.07) is 20.1. The smallest absolute Gasteiger partial charge is 0.315 e. The Morgan fingerprint density at radius 3 is 2.52 bits per heavy atom. The number of morpholine rings is 1. The third kappa shape index (κ3) is 5.50. The number of nitrogens with zero attached hydrogens (tertiary/aromatic N) is 1. The highest BCUT2D eigenvalue weighted by Crippen LogP contribution is 2.18. The van der Waals surface area contributed by atoms with Gasteiger partial charge in [0, 0.05) is 31.9 Å². The van der Waals surface area contributed by atoms with E-state index in [9.17, 15) is 4.79 Å². The molecule has 1 saturated heterocycles. The third-order valence-corrected chi connectivity index (χ3v) is 4.31. The van der Waals surface area contributed by atoms with Crippen LogP contribution in [0.2, 0.25) is 0 Å². The van der Waals surface area contributed by atoms with Gasteiger partial charge in [0.25, 0.3) is 0 Å². The SMILES string of the molecule is O=C(NCCC1CN(c2ccccc2)CCO1)NCc1ccccc1. The molecule has 0 spiro atoms. The second kappa shape index (κ2) is 9.08. The molecule has 0 radical (unpaired) electrons. The van der Waals surface area contributed by atoms with Crippen LogP contribution in [0.25, 0.3) is 0 Å². The van der Waals surface area contributed by atoms with Crippen LogP contribution in [-0.4, -0.2) is 38.4 Å². The molecular weight excluding hydrogens is 314 g/mol. The maximum absolute atomic E-state index is 11.9.